The zero-order valence-corrected chi connectivity index (χ0v) is 13.7. The fourth-order valence-electron chi connectivity index (χ4n) is 2.01. The number of hydrogen-bond acceptors (Lipinski definition) is 4. The van der Waals surface area contributed by atoms with Gasteiger partial charge in [0, 0.05) is 5.69 Å². The largest absolute Gasteiger partial charge is 0.492 e. The van der Waals surface area contributed by atoms with E-state index in [0.29, 0.717) is 11.2 Å². The molecule has 0 spiro atoms. The Labute approximate surface area is 127 Å². The van der Waals surface area contributed by atoms with Crippen molar-refractivity contribution in [3.05, 3.63) is 23.8 Å². The maximum atomic E-state index is 10.4. The second kappa shape index (κ2) is 8.69. The zero-order valence-electron chi connectivity index (χ0n) is 13.7. The summed E-state index contributed by atoms with van der Waals surface area (Å²) in [6, 6.07) is 5.35. The number of aliphatic carboxylic acids is 1. The van der Waals surface area contributed by atoms with E-state index in [2.05, 4.69) is 5.32 Å². The molecule has 0 aromatic heterocycles. The molecule has 0 saturated heterocycles. The summed E-state index contributed by atoms with van der Waals surface area (Å²) in [7, 11) is -0.952. The molecule has 0 bridgehead atoms. The lowest BCUT2D eigenvalue weighted by molar-refractivity contribution is -0.134. The van der Waals surface area contributed by atoms with Crippen LogP contribution in [0.25, 0.3) is 0 Å². The van der Waals surface area contributed by atoms with Crippen molar-refractivity contribution in [1.29, 1.82) is 0 Å². The van der Waals surface area contributed by atoms with Crippen molar-refractivity contribution in [2.24, 2.45) is 0 Å². The van der Waals surface area contributed by atoms with Crippen molar-refractivity contribution >= 4 is 24.2 Å². The first kappa shape index (κ1) is 19.5. The van der Waals surface area contributed by atoms with Gasteiger partial charge in [0.25, 0.3) is 0 Å². The molecule has 1 aromatic rings. The third-order valence-electron chi connectivity index (χ3n) is 2.82. The molecule has 0 amide bonds. The Morgan fingerprint density at radius 3 is 2.38 bits per heavy atom. The van der Waals surface area contributed by atoms with Crippen molar-refractivity contribution in [1.82, 2.24) is 0 Å². The Bertz CT molecular complexity index is 463. The molecule has 0 aliphatic carbocycles. The lowest BCUT2D eigenvalue weighted by atomic mass is 9.78. The summed E-state index contributed by atoms with van der Waals surface area (Å²) in [6.07, 6.45) is 0. The van der Waals surface area contributed by atoms with Crippen molar-refractivity contribution < 1.29 is 19.6 Å². The van der Waals surface area contributed by atoms with Crippen LogP contribution in [0.5, 0.6) is 0 Å². The van der Waals surface area contributed by atoms with E-state index in [4.69, 9.17) is 9.76 Å². The highest BCUT2D eigenvalue weighted by atomic mass is 16.5. The van der Waals surface area contributed by atoms with Crippen LogP contribution in [-0.2, 0) is 15.0 Å². The van der Waals surface area contributed by atoms with Crippen LogP contribution in [0, 0.1) is 0 Å². The normalized spacial score (nSPS) is 14.1. The van der Waals surface area contributed by atoms with Gasteiger partial charge >= 0.3 is 13.1 Å². The maximum Gasteiger partial charge on any atom is 0.492 e. The van der Waals surface area contributed by atoms with Crippen molar-refractivity contribution in [3.8, 4) is 0 Å². The number of fused-ring (bicyclic) bond motifs is 1. The molecule has 0 radical (unpaired) electrons. The molecule has 0 saturated carbocycles. The van der Waals surface area contributed by atoms with Crippen molar-refractivity contribution in [2.75, 3.05) is 11.9 Å². The molecule has 6 heteroatoms. The van der Waals surface area contributed by atoms with Crippen LogP contribution in [0.4, 0.5) is 5.69 Å². The van der Waals surface area contributed by atoms with Crippen LogP contribution in [0.2, 0.25) is 0 Å². The first-order valence-electron chi connectivity index (χ1n) is 7.36. The molecule has 3 N–H and O–H groups in total. The highest BCUT2D eigenvalue weighted by Crippen LogP contribution is 2.30. The molecular weight excluding hydrogens is 269 g/mol. The van der Waals surface area contributed by atoms with Gasteiger partial charge < -0.3 is 20.1 Å². The highest BCUT2D eigenvalue weighted by Gasteiger charge is 2.40. The topological polar surface area (TPSA) is 78.8 Å². The molecule has 118 valence electrons. The SMILES string of the molecule is CC.CC.CC1(C)OB(O)c2cc(NCC(=O)O)ccc21. The second-order valence-electron chi connectivity index (χ2n) is 4.53. The molecule has 2 rings (SSSR count). The van der Waals surface area contributed by atoms with Crippen LogP contribution in [0.15, 0.2) is 18.2 Å². The van der Waals surface area contributed by atoms with E-state index >= 15 is 0 Å². The quantitative estimate of drug-likeness (QED) is 0.745. The second-order valence-corrected chi connectivity index (χ2v) is 4.53. The fraction of sp³-hybridized carbons (Fsp3) is 0.533. The van der Waals surface area contributed by atoms with E-state index in [1.54, 1.807) is 12.1 Å². The highest BCUT2D eigenvalue weighted by molar-refractivity contribution is 6.62. The number of nitrogens with one attached hydrogen (secondary N) is 1. The van der Waals surface area contributed by atoms with Gasteiger partial charge in [0.15, 0.2) is 0 Å². The predicted molar refractivity (Wildman–Crippen MR) is 87.0 cm³/mol. The number of hydrogen-bond donors (Lipinski definition) is 3. The third kappa shape index (κ3) is 5.06. The Kier molecular flexibility index (Phi) is 8.06. The zero-order chi connectivity index (χ0) is 16.6. The first-order chi connectivity index (χ1) is 9.90. The minimum Gasteiger partial charge on any atom is -0.480 e. The number of carbonyl (C=O) groups is 1. The van der Waals surface area contributed by atoms with Crippen LogP contribution >= 0.6 is 0 Å². The minimum atomic E-state index is -0.952. The van der Waals surface area contributed by atoms with Gasteiger partial charge in [-0.15, -0.1) is 0 Å². The van der Waals surface area contributed by atoms with Gasteiger partial charge in [-0.25, -0.2) is 0 Å². The first-order valence-corrected chi connectivity index (χ1v) is 7.36. The van der Waals surface area contributed by atoms with Gasteiger partial charge in [0.05, 0.1) is 5.60 Å². The van der Waals surface area contributed by atoms with Crippen LogP contribution in [-0.4, -0.2) is 29.8 Å². The fourth-order valence-corrected chi connectivity index (χ4v) is 2.01. The average Bonchev–Trinajstić information content (AvgIpc) is 2.70. The van der Waals surface area contributed by atoms with Crippen molar-refractivity contribution in [3.63, 3.8) is 0 Å². The summed E-state index contributed by atoms with van der Waals surface area (Å²) in [5.41, 5.74) is 1.75. The Morgan fingerprint density at radius 1 is 1.29 bits per heavy atom. The van der Waals surface area contributed by atoms with Gasteiger partial charge in [-0.3, -0.25) is 4.79 Å². The number of rotatable bonds is 3. The van der Waals surface area contributed by atoms with E-state index < -0.39 is 18.7 Å². The summed E-state index contributed by atoms with van der Waals surface area (Å²) in [6.45, 7) is 11.6. The summed E-state index contributed by atoms with van der Waals surface area (Å²) in [4.78, 5) is 10.4. The standard InChI is InChI=1S/C11H14BNO4.2C2H6/c1-11(2)8-4-3-7(13-6-10(14)15)5-9(8)12(16)17-11;2*1-2/h3-5,13,16H,6H2,1-2H3,(H,14,15);2*1-2H3. The average molecular weight is 295 g/mol. The van der Waals surface area contributed by atoms with E-state index in [-0.39, 0.29) is 6.54 Å². The van der Waals surface area contributed by atoms with E-state index in [0.717, 1.165) is 5.56 Å². The summed E-state index contributed by atoms with van der Waals surface area (Å²) < 4.78 is 5.41. The number of carboxylic acid groups (broad SMARTS) is 1. The summed E-state index contributed by atoms with van der Waals surface area (Å²) in [5.74, 6) is -0.928. The summed E-state index contributed by atoms with van der Waals surface area (Å²) in [5, 5.41) is 21.1. The third-order valence-corrected chi connectivity index (χ3v) is 2.82. The van der Waals surface area contributed by atoms with Gasteiger partial charge in [-0.2, -0.15) is 0 Å². The van der Waals surface area contributed by atoms with Crippen LogP contribution in [0.1, 0.15) is 47.1 Å². The van der Waals surface area contributed by atoms with E-state index in [1.165, 1.54) is 0 Å². The van der Waals surface area contributed by atoms with Gasteiger partial charge in [-0.05, 0) is 37.0 Å². The molecule has 1 aliphatic rings. The lowest BCUT2D eigenvalue weighted by Gasteiger charge is -2.19. The Morgan fingerprint density at radius 2 is 1.86 bits per heavy atom. The van der Waals surface area contributed by atoms with Gasteiger partial charge in [-0.1, -0.05) is 33.8 Å². The number of carboxylic acids is 1. The molecule has 1 aromatic carbocycles. The van der Waals surface area contributed by atoms with Gasteiger partial charge in [0.2, 0.25) is 0 Å². The van der Waals surface area contributed by atoms with E-state index in [9.17, 15) is 9.82 Å². The summed E-state index contributed by atoms with van der Waals surface area (Å²) >= 11 is 0. The number of anilines is 1. The monoisotopic (exact) mass is 295 g/mol. The maximum absolute atomic E-state index is 10.4. The predicted octanol–water partition coefficient (Wildman–Crippen LogP) is 2.19. The molecule has 0 fully saturated rings. The smallest absolute Gasteiger partial charge is 0.480 e. The molecule has 0 unspecified atom stereocenters. The molecule has 0 atom stereocenters. The molecule has 1 aliphatic heterocycles. The van der Waals surface area contributed by atoms with Crippen LogP contribution < -0.4 is 10.8 Å². The molecular formula is C15H26BNO4. The Balaban J connectivity index is 0.000000921. The molecule has 21 heavy (non-hydrogen) atoms. The number of benzene rings is 1. The van der Waals surface area contributed by atoms with Gasteiger partial charge in [0.1, 0.15) is 6.54 Å². The molecule has 5 nitrogen and oxygen atoms in total. The Hall–Kier alpha value is -1.53. The lowest BCUT2D eigenvalue weighted by Crippen LogP contribution is -2.29. The molecule has 1 heterocycles. The van der Waals surface area contributed by atoms with Crippen LogP contribution in [0.3, 0.4) is 0 Å². The van der Waals surface area contributed by atoms with E-state index in [1.807, 2.05) is 47.6 Å². The minimum absolute atomic E-state index is 0.154. The van der Waals surface area contributed by atoms with Crippen molar-refractivity contribution in [2.45, 2.75) is 47.1 Å².